The van der Waals surface area contributed by atoms with Gasteiger partial charge in [0.25, 0.3) is 6.29 Å². The number of imidazole rings is 1. The maximum absolute atomic E-state index is 12.2. The Morgan fingerprint density at radius 1 is 1.24 bits per heavy atom. The highest BCUT2D eigenvalue weighted by molar-refractivity contribution is 8.02. The Morgan fingerprint density at radius 2 is 2.11 bits per heavy atom. The van der Waals surface area contributed by atoms with Crippen molar-refractivity contribution in [2.24, 2.45) is 0 Å². The second-order valence-electron chi connectivity index (χ2n) is 8.23. The standard InChI is InChI=1S/C23H26N8O4S2/c1-2-9-28-37(32,33)12-5-11-31-21-19(20(24)25-14-26-21)29-23(31)36-18-13-34-22(35-18)16-7-4-3-6-15(16)17-8-10-27-30-17/h3-4,6-8,10,13-14,22,28H,2,5,9,11-12H2,1H3,(H,27,30)(H2,24,25,26). The number of aromatic amines is 1. The molecule has 0 amide bonds. The third-order valence-electron chi connectivity index (χ3n) is 5.60. The number of rotatable bonds is 11. The van der Waals surface area contributed by atoms with Gasteiger partial charge in [0, 0.05) is 30.4 Å². The number of nitrogens with one attached hydrogen (secondary N) is 2. The van der Waals surface area contributed by atoms with Gasteiger partial charge in [0.15, 0.2) is 22.1 Å². The summed E-state index contributed by atoms with van der Waals surface area (Å²) in [6.07, 6.45) is 5.02. The van der Waals surface area contributed by atoms with Crippen LogP contribution >= 0.6 is 11.8 Å². The van der Waals surface area contributed by atoms with Crippen molar-refractivity contribution in [1.82, 2.24) is 34.4 Å². The number of aryl methyl sites for hydroxylation is 1. The number of ether oxygens (including phenoxy) is 2. The summed E-state index contributed by atoms with van der Waals surface area (Å²) < 4.78 is 40.9. The summed E-state index contributed by atoms with van der Waals surface area (Å²) in [5, 5.41) is 8.03. The highest BCUT2D eigenvalue weighted by Crippen LogP contribution is 2.40. The second-order valence-corrected chi connectivity index (χ2v) is 11.1. The van der Waals surface area contributed by atoms with E-state index in [2.05, 4.69) is 29.9 Å². The Bertz CT molecular complexity index is 1520. The third-order valence-corrected chi connectivity index (χ3v) is 7.96. The molecule has 0 bridgehead atoms. The number of fused-ring (bicyclic) bond motifs is 1. The molecular formula is C23H26N8O4S2. The summed E-state index contributed by atoms with van der Waals surface area (Å²) in [5.41, 5.74) is 9.61. The molecule has 1 aromatic carbocycles. The first-order valence-corrected chi connectivity index (χ1v) is 14.1. The number of nitrogen functional groups attached to an aromatic ring is 1. The molecule has 0 fully saturated rings. The van der Waals surface area contributed by atoms with Crippen LogP contribution in [0.5, 0.6) is 0 Å². The van der Waals surface area contributed by atoms with Crippen molar-refractivity contribution in [3.05, 3.63) is 59.8 Å². The van der Waals surface area contributed by atoms with Crippen LogP contribution in [0.3, 0.4) is 0 Å². The number of thioether (sulfide) groups is 1. The average molecular weight is 543 g/mol. The van der Waals surface area contributed by atoms with Gasteiger partial charge in [-0.2, -0.15) is 5.10 Å². The van der Waals surface area contributed by atoms with Crippen molar-refractivity contribution in [1.29, 1.82) is 0 Å². The first-order valence-electron chi connectivity index (χ1n) is 11.7. The minimum atomic E-state index is -3.37. The third kappa shape index (κ3) is 5.55. The lowest BCUT2D eigenvalue weighted by Gasteiger charge is -2.15. The van der Waals surface area contributed by atoms with Crippen LogP contribution in [0.15, 0.2) is 59.4 Å². The molecule has 1 aliphatic heterocycles. The van der Waals surface area contributed by atoms with Gasteiger partial charge in [-0.25, -0.2) is 28.1 Å². The van der Waals surface area contributed by atoms with Crippen LogP contribution in [0.1, 0.15) is 31.6 Å². The number of anilines is 1. The van der Waals surface area contributed by atoms with Crippen molar-refractivity contribution in [2.45, 2.75) is 37.8 Å². The molecule has 4 aromatic rings. The fraction of sp³-hybridized carbons (Fsp3) is 0.304. The largest absolute Gasteiger partial charge is 0.454 e. The lowest BCUT2D eigenvalue weighted by Crippen LogP contribution is -2.27. The monoisotopic (exact) mass is 542 g/mol. The molecule has 194 valence electrons. The van der Waals surface area contributed by atoms with Crippen LogP contribution < -0.4 is 10.5 Å². The number of hydrogen-bond acceptors (Lipinski definition) is 10. The maximum Gasteiger partial charge on any atom is 0.268 e. The van der Waals surface area contributed by atoms with E-state index in [1.165, 1.54) is 24.4 Å². The van der Waals surface area contributed by atoms with E-state index in [0.29, 0.717) is 40.9 Å². The van der Waals surface area contributed by atoms with Crippen molar-refractivity contribution in [3.63, 3.8) is 0 Å². The Kier molecular flexibility index (Phi) is 7.30. The molecule has 5 rings (SSSR count). The molecule has 1 aliphatic rings. The normalized spacial score (nSPS) is 15.5. The molecule has 4 N–H and O–H groups in total. The molecule has 14 heteroatoms. The van der Waals surface area contributed by atoms with E-state index in [-0.39, 0.29) is 11.6 Å². The fourth-order valence-electron chi connectivity index (χ4n) is 3.86. The molecular weight excluding hydrogens is 516 g/mol. The topological polar surface area (TPSA) is 163 Å². The molecule has 1 atom stereocenters. The molecule has 1 unspecified atom stereocenters. The predicted octanol–water partition coefficient (Wildman–Crippen LogP) is 3.15. The average Bonchev–Trinajstić information content (AvgIpc) is 3.65. The number of benzene rings is 1. The van der Waals surface area contributed by atoms with Crippen LogP contribution in [0, 0.1) is 0 Å². The minimum absolute atomic E-state index is 0.0217. The second kappa shape index (κ2) is 10.8. The first kappa shape index (κ1) is 25.0. The van der Waals surface area contributed by atoms with Crippen LogP contribution in [0.25, 0.3) is 22.4 Å². The summed E-state index contributed by atoms with van der Waals surface area (Å²) in [5.74, 6) is 0.221. The van der Waals surface area contributed by atoms with Crippen molar-refractivity contribution in [3.8, 4) is 11.3 Å². The van der Waals surface area contributed by atoms with E-state index in [9.17, 15) is 8.42 Å². The molecule has 4 heterocycles. The predicted molar refractivity (Wildman–Crippen MR) is 139 cm³/mol. The van der Waals surface area contributed by atoms with Crippen LogP contribution in [-0.4, -0.2) is 50.4 Å². The first-order chi connectivity index (χ1) is 17.9. The quantitative estimate of drug-likeness (QED) is 0.256. The Morgan fingerprint density at radius 3 is 2.92 bits per heavy atom. The minimum Gasteiger partial charge on any atom is -0.454 e. The van der Waals surface area contributed by atoms with Gasteiger partial charge in [-0.15, -0.1) is 0 Å². The number of hydrogen-bond donors (Lipinski definition) is 3. The molecule has 12 nitrogen and oxygen atoms in total. The summed E-state index contributed by atoms with van der Waals surface area (Å²) in [7, 11) is -3.37. The van der Waals surface area contributed by atoms with Crippen molar-refractivity contribution < 1.29 is 17.9 Å². The lowest BCUT2D eigenvalue weighted by molar-refractivity contribution is -0.0269. The van der Waals surface area contributed by atoms with Gasteiger partial charge in [-0.05, 0) is 30.7 Å². The summed E-state index contributed by atoms with van der Waals surface area (Å²) in [6, 6.07) is 9.62. The molecule has 3 aromatic heterocycles. The van der Waals surface area contributed by atoms with Gasteiger partial charge in [0.2, 0.25) is 15.1 Å². The maximum atomic E-state index is 12.2. The van der Waals surface area contributed by atoms with E-state index in [0.717, 1.165) is 23.2 Å². The van der Waals surface area contributed by atoms with Crippen LogP contribution in [0.4, 0.5) is 5.82 Å². The molecule has 0 saturated carbocycles. The van der Waals surface area contributed by atoms with E-state index < -0.39 is 16.3 Å². The fourth-order valence-corrected chi connectivity index (χ4v) is 5.88. The Labute approximate surface area is 217 Å². The van der Waals surface area contributed by atoms with E-state index >= 15 is 0 Å². The number of aromatic nitrogens is 6. The number of nitrogens with two attached hydrogens (primary N) is 1. The van der Waals surface area contributed by atoms with Gasteiger partial charge in [0.1, 0.15) is 12.6 Å². The zero-order valence-electron chi connectivity index (χ0n) is 20.0. The summed E-state index contributed by atoms with van der Waals surface area (Å²) >= 11 is 1.24. The van der Waals surface area contributed by atoms with Gasteiger partial charge in [0.05, 0.1) is 11.4 Å². The molecule has 0 aliphatic carbocycles. The highest BCUT2D eigenvalue weighted by Gasteiger charge is 2.27. The molecule has 0 spiro atoms. The van der Waals surface area contributed by atoms with Crippen molar-refractivity contribution >= 4 is 38.8 Å². The summed E-state index contributed by atoms with van der Waals surface area (Å²) in [6.45, 7) is 2.69. The smallest absolute Gasteiger partial charge is 0.268 e. The number of nitrogens with zero attached hydrogens (tertiary/aromatic N) is 5. The zero-order valence-corrected chi connectivity index (χ0v) is 21.6. The number of H-pyrrole nitrogens is 1. The van der Waals surface area contributed by atoms with Gasteiger partial charge >= 0.3 is 0 Å². The van der Waals surface area contributed by atoms with Gasteiger partial charge < -0.3 is 19.8 Å². The molecule has 0 radical (unpaired) electrons. The zero-order chi connectivity index (χ0) is 25.8. The van der Waals surface area contributed by atoms with E-state index in [1.807, 2.05) is 41.8 Å². The molecule has 0 saturated heterocycles. The SMILES string of the molecule is CCCNS(=O)(=O)CCCn1c(SC2=COC(c3ccccc3-c3ccn[nH]3)O2)nc2c(N)ncnc21. The highest BCUT2D eigenvalue weighted by atomic mass is 32.2. The number of sulfonamides is 1. The Hall–Kier alpha value is -3.62. The Balaban J connectivity index is 1.34. The van der Waals surface area contributed by atoms with E-state index in [4.69, 9.17) is 15.2 Å². The van der Waals surface area contributed by atoms with Crippen molar-refractivity contribution in [2.75, 3.05) is 18.0 Å². The lowest BCUT2D eigenvalue weighted by atomic mass is 10.0. The van der Waals surface area contributed by atoms with Gasteiger partial charge in [-0.3, -0.25) is 5.10 Å². The van der Waals surface area contributed by atoms with Crippen LogP contribution in [-0.2, 0) is 26.0 Å². The van der Waals surface area contributed by atoms with Gasteiger partial charge in [-0.1, -0.05) is 31.2 Å². The summed E-state index contributed by atoms with van der Waals surface area (Å²) in [4.78, 5) is 13.0. The molecule has 37 heavy (non-hydrogen) atoms. The van der Waals surface area contributed by atoms with E-state index in [1.54, 1.807) is 6.20 Å². The van der Waals surface area contributed by atoms with Crippen LogP contribution in [0.2, 0.25) is 0 Å².